The molecule has 1 N–H and O–H groups in total. The minimum Gasteiger partial charge on any atom is -0.384 e. The number of hydrogen-bond acceptors (Lipinski definition) is 1. The Bertz CT molecular complexity index is 455. The van der Waals surface area contributed by atoms with Crippen LogP contribution in [0.2, 0.25) is 0 Å². The normalized spacial score (nSPS) is 14.8. The molecule has 0 saturated heterocycles. The Balaban J connectivity index is 3.40. The molecule has 0 radical (unpaired) electrons. The van der Waals surface area contributed by atoms with Crippen molar-refractivity contribution in [3.05, 3.63) is 34.9 Å². The van der Waals surface area contributed by atoms with E-state index in [0.717, 1.165) is 6.07 Å². The van der Waals surface area contributed by atoms with Gasteiger partial charge in [0, 0.05) is 5.56 Å². The van der Waals surface area contributed by atoms with Crippen molar-refractivity contribution in [2.24, 2.45) is 0 Å². The average Bonchev–Trinajstić information content (AvgIpc) is 2.24. The first-order valence-corrected chi connectivity index (χ1v) is 5.82. The van der Waals surface area contributed by atoms with Gasteiger partial charge in [0.1, 0.15) is 6.10 Å². The summed E-state index contributed by atoms with van der Waals surface area (Å²) in [4.78, 5) is 0. The van der Waals surface area contributed by atoms with E-state index in [0.29, 0.717) is 6.07 Å². The third-order valence-electron chi connectivity index (χ3n) is 2.24. The molecule has 1 aromatic carbocycles. The first-order valence-electron chi connectivity index (χ1n) is 4.68. The summed E-state index contributed by atoms with van der Waals surface area (Å²) in [6, 6.07) is 1.62. The van der Waals surface area contributed by atoms with E-state index in [4.69, 9.17) is 34.8 Å². The predicted octanol–water partition coefficient (Wildman–Crippen LogP) is 5.05. The van der Waals surface area contributed by atoms with Crippen molar-refractivity contribution in [1.82, 2.24) is 0 Å². The van der Waals surface area contributed by atoms with Crippen molar-refractivity contribution in [3.8, 4) is 0 Å². The van der Waals surface area contributed by atoms with Gasteiger partial charge in [-0.1, -0.05) is 46.9 Å². The second kappa shape index (κ2) is 5.60. The molecule has 0 amide bonds. The van der Waals surface area contributed by atoms with Gasteiger partial charge >= 0.3 is 6.18 Å². The van der Waals surface area contributed by atoms with Gasteiger partial charge in [0.15, 0.2) is 0 Å². The second-order valence-electron chi connectivity index (χ2n) is 3.59. The van der Waals surface area contributed by atoms with Gasteiger partial charge in [0.25, 0.3) is 6.43 Å². The topological polar surface area (TPSA) is 20.2 Å². The highest BCUT2D eigenvalue weighted by Crippen LogP contribution is 2.44. The van der Waals surface area contributed by atoms with Crippen molar-refractivity contribution in [1.29, 1.82) is 0 Å². The summed E-state index contributed by atoms with van der Waals surface area (Å²) in [5.41, 5.74) is -3.09. The van der Waals surface area contributed by atoms with Crippen molar-refractivity contribution < 1.29 is 27.1 Å². The summed E-state index contributed by atoms with van der Waals surface area (Å²) >= 11 is 15.9. The molecule has 0 spiro atoms. The summed E-state index contributed by atoms with van der Waals surface area (Å²) in [6.07, 6.45) is -10.1. The lowest BCUT2D eigenvalue weighted by Gasteiger charge is -2.23. The highest BCUT2D eigenvalue weighted by atomic mass is 35.6. The van der Waals surface area contributed by atoms with Crippen molar-refractivity contribution in [2.75, 3.05) is 0 Å². The van der Waals surface area contributed by atoms with E-state index in [9.17, 15) is 27.1 Å². The van der Waals surface area contributed by atoms with Gasteiger partial charge in [0.2, 0.25) is 3.79 Å². The minimum atomic E-state index is -4.96. The molecule has 0 aromatic heterocycles. The molecule has 108 valence electrons. The number of benzene rings is 1. The lowest BCUT2D eigenvalue weighted by atomic mass is 9.99. The van der Waals surface area contributed by atoms with Crippen LogP contribution >= 0.6 is 34.8 Å². The number of alkyl halides is 8. The summed E-state index contributed by atoms with van der Waals surface area (Å²) in [5, 5.41) is 9.55. The molecule has 1 atom stereocenters. The van der Waals surface area contributed by atoms with Crippen LogP contribution in [0.4, 0.5) is 22.0 Å². The Morgan fingerprint density at radius 3 is 1.95 bits per heavy atom. The summed E-state index contributed by atoms with van der Waals surface area (Å²) in [5.74, 6) is 0. The zero-order valence-corrected chi connectivity index (χ0v) is 11.1. The van der Waals surface area contributed by atoms with Gasteiger partial charge < -0.3 is 5.11 Å². The quantitative estimate of drug-likeness (QED) is 0.589. The van der Waals surface area contributed by atoms with E-state index in [-0.39, 0.29) is 6.07 Å². The molecule has 0 heterocycles. The van der Waals surface area contributed by atoms with E-state index >= 15 is 0 Å². The van der Waals surface area contributed by atoms with Crippen LogP contribution in [0.25, 0.3) is 0 Å². The molecule has 1 unspecified atom stereocenters. The minimum absolute atomic E-state index is 0.222. The molecule has 0 aliphatic carbocycles. The first-order chi connectivity index (χ1) is 8.44. The summed E-state index contributed by atoms with van der Waals surface area (Å²) in [6.45, 7) is 0. The number of aliphatic hydroxyl groups is 1. The average molecular weight is 344 g/mol. The first kappa shape index (κ1) is 16.8. The van der Waals surface area contributed by atoms with Crippen LogP contribution in [-0.2, 0) is 6.18 Å². The second-order valence-corrected chi connectivity index (χ2v) is 5.96. The molecule has 1 aromatic rings. The van der Waals surface area contributed by atoms with E-state index in [1.165, 1.54) is 0 Å². The smallest absolute Gasteiger partial charge is 0.384 e. The molecule has 19 heavy (non-hydrogen) atoms. The summed E-state index contributed by atoms with van der Waals surface area (Å²) in [7, 11) is 0. The van der Waals surface area contributed by atoms with E-state index < -0.39 is 39.2 Å². The fourth-order valence-electron chi connectivity index (χ4n) is 1.37. The number of aliphatic hydroxyl groups excluding tert-OH is 1. The maximum atomic E-state index is 12.8. The molecular formula is C10H6Cl3F5O. The fourth-order valence-corrected chi connectivity index (χ4v) is 1.72. The zero-order valence-electron chi connectivity index (χ0n) is 8.86. The number of halogens is 8. The predicted molar refractivity (Wildman–Crippen MR) is 61.7 cm³/mol. The van der Waals surface area contributed by atoms with Crippen LogP contribution in [-0.4, -0.2) is 8.90 Å². The van der Waals surface area contributed by atoms with Crippen LogP contribution in [0.5, 0.6) is 0 Å². The fraction of sp³-hybridized carbons (Fsp3) is 0.400. The molecule has 9 heteroatoms. The monoisotopic (exact) mass is 342 g/mol. The van der Waals surface area contributed by atoms with Crippen LogP contribution in [0.1, 0.15) is 29.2 Å². The van der Waals surface area contributed by atoms with Gasteiger partial charge in [-0.05, 0) is 11.6 Å². The summed E-state index contributed by atoms with van der Waals surface area (Å²) < 4.78 is 60.6. The maximum Gasteiger partial charge on any atom is 0.416 e. The molecular weight excluding hydrogens is 337 g/mol. The molecule has 1 nitrogen and oxygen atoms in total. The van der Waals surface area contributed by atoms with E-state index in [2.05, 4.69) is 0 Å². The van der Waals surface area contributed by atoms with Gasteiger partial charge in [-0.25, -0.2) is 8.78 Å². The Kier molecular flexibility index (Phi) is 4.93. The number of hydrogen-bond donors (Lipinski definition) is 1. The van der Waals surface area contributed by atoms with Crippen LogP contribution in [0.3, 0.4) is 0 Å². The van der Waals surface area contributed by atoms with Crippen molar-refractivity contribution in [3.63, 3.8) is 0 Å². The van der Waals surface area contributed by atoms with Crippen LogP contribution in [0.15, 0.2) is 18.2 Å². The van der Waals surface area contributed by atoms with Gasteiger partial charge in [-0.2, -0.15) is 13.2 Å². The Hall–Kier alpha value is -0.300. The third-order valence-corrected chi connectivity index (χ3v) is 2.86. The largest absolute Gasteiger partial charge is 0.416 e. The van der Waals surface area contributed by atoms with Crippen molar-refractivity contribution in [2.45, 2.75) is 22.5 Å². The molecule has 0 bridgehead atoms. The molecule has 0 aliphatic rings. The third kappa shape index (κ3) is 4.08. The number of rotatable bonds is 2. The Morgan fingerprint density at radius 2 is 1.58 bits per heavy atom. The van der Waals surface area contributed by atoms with E-state index in [1.54, 1.807) is 0 Å². The van der Waals surface area contributed by atoms with Gasteiger partial charge in [-0.3, -0.25) is 0 Å². The Morgan fingerprint density at radius 1 is 1.05 bits per heavy atom. The lowest BCUT2D eigenvalue weighted by molar-refractivity contribution is -0.139. The Labute approximate surface area is 119 Å². The standard InChI is InChI=1S/C10H6Cl3F5O/c11-9(12,13)7(19)5-2-1-4(8(14)15)3-6(5)10(16,17)18/h1-3,7-8,19H. The molecule has 0 aliphatic heterocycles. The van der Waals surface area contributed by atoms with E-state index in [1.807, 2.05) is 0 Å². The van der Waals surface area contributed by atoms with Gasteiger partial charge in [0.05, 0.1) is 5.56 Å². The zero-order chi connectivity index (χ0) is 15.0. The molecule has 1 rings (SSSR count). The lowest BCUT2D eigenvalue weighted by Crippen LogP contribution is -2.21. The van der Waals surface area contributed by atoms with Crippen LogP contribution in [0, 0.1) is 0 Å². The van der Waals surface area contributed by atoms with Gasteiger partial charge in [-0.15, -0.1) is 0 Å². The maximum absolute atomic E-state index is 12.8. The van der Waals surface area contributed by atoms with Crippen molar-refractivity contribution >= 4 is 34.8 Å². The molecule has 0 fully saturated rings. The highest BCUT2D eigenvalue weighted by molar-refractivity contribution is 6.68. The SMILES string of the molecule is OC(c1ccc(C(F)F)cc1C(F)(F)F)C(Cl)(Cl)Cl. The van der Waals surface area contributed by atoms with Crippen LogP contribution < -0.4 is 0 Å². The highest BCUT2D eigenvalue weighted by Gasteiger charge is 2.41. The molecule has 0 saturated carbocycles.